The Morgan fingerprint density at radius 1 is 1.13 bits per heavy atom. The van der Waals surface area contributed by atoms with Crippen molar-refractivity contribution in [1.29, 1.82) is 5.26 Å². The highest BCUT2D eigenvalue weighted by molar-refractivity contribution is 5.96. The normalized spacial score (nSPS) is 14.5. The van der Waals surface area contributed by atoms with Crippen LogP contribution in [-0.2, 0) is 4.74 Å². The van der Waals surface area contributed by atoms with Gasteiger partial charge in [0, 0.05) is 43.4 Å². The Kier molecular flexibility index (Phi) is 6.60. The largest absolute Gasteiger partial charge is 0.379 e. The number of fused-ring (bicyclic) bond motifs is 1. The number of hydrogen-bond acceptors (Lipinski definition) is 7. The number of nitriles is 1. The van der Waals surface area contributed by atoms with E-state index in [1.807, 2.05) is 18.2 Å². The molecular weight excluding hydrogens is 388 g/mol. The molecule has 0 bridgehead atoms. The number of nitrogens with zero attached hydrogens (tertiary/aromatic N) is 4. The topological polar surface area (TPSA) is 86.1 Å². The van der Waals surface area contributed by atoms with E-state index in [1.165, 1.54) is 5.56 Å². The molecule has 0 atom stereocenters. The molecule has 4 rings (SSSR count). The summed E-state index contributed by atoms with van der Waals surface area (Å²) in [6, 6.07) is 12.5. The molecular formula is C24H28N6O. The molecule has 0 aliphatic carbocycles. The van der Waals surface area contributed by atoms with Crippen LogP contribution in [0.3, 0.4) is 0 Å². The Bertz CT molecular complexity index is 1070. The van der Waals surface area contributed by atoms with Crippen LogP contribution in [0.15, 0.2) is 42.7 Å². The Balaban J connectivity index is 1.55. The van der Waals surface area contributed by atoms with E-state index in [0.717, 1.165) is 67.5 Å². The van der Waals surface area contributed by atoms with Crippen molar-refractivity contribution < 1.29 is 4.74 Å². The monoisotopic (exact) mass is 416 g/mol. The minimum Gasteiger partial charge on any atom is -0.379 e. The van der Waals surface area contributed by atoms with E-state index >= 15 is 0 Å². The van der Waals surface area contributed by atoms with E-state index in [0.29, 0.717) is 11.5 Å². The third-order valence-corrected chi connectivity index (χ3v) is 5.56. The fourth-order valence-electron chi connectivity index (χ4n) is 3.67. The summed E-state index contributed by atoms with van der Waals surface area (Å²) in [5.41, 5.74) is 4.22. The molecule has 7 nitrogen and oxygen atoms in total. The van der Waals surface area contributed by atoms with E-state index in [4.69, 9.17) is 4.74 Å². The van der Waals surface area contributed by atoms with Gasteiger partial charge in [-0.3, -0.25) is 9.88 Å². The Labute approximate surface area is 183 Å². The van der Waals surface area contributed by atoms with Crippen LogP contribution in [0.5, 0.6) is 0 Å². The standard InChI is InChI=1S/C24H28N6O/c1-17(2)18-3-5-20(6-4-18)29-24-19(14-25)15-27-22-16-28-23(13-21(22)24)26-7-8-30-9-11-31-12-10-30/h3-6,13,15-17H,7-12H2,1-2H3,(H,26,28)(H,27,29). The van der Waals surface area contributed by atoms with Crippen molar-refractivity contribution in [3.05, 3.63) is 53.9 Å². The van der Waals surface area contributed by atoms with Crippen LogP contribution >= 0.6 is 0 Å². The van der Waals surface area contributed by atoms with Gasteiger partial charge in [-0.1, -0.05) is 26.0 Å². The molecule has 1 aliphatic rings. The second kappa shape index (κ2) is 9.73. The molecule has 0 saturated carbocycles. The van der Waals surface area contributed by atoms with Crippen molar-refractivity contribution in [3.63, 3.8) is 0 Å². The average molecular weight is 417 g/mol. The molecule has 3 heterocycles. The highest BCUT2D eigenvalue weighted by Crippen LogP contribution is 2.30. The zero-order chi connectivity index (χ0) is 21.6. The summed E-state index contributed by atoms with van der Waals surface area (Å²) in [6.45, 7) is 9.60. The first-order valence-electron chi connectivity index (χ1n) is 10.7. The number of pyridine rings is 2. The minimum atomic E-state index is 0.475. The highest BCUT2D eigenvalue weighted by atomic mass is 16.5. The van der Waals surface area contributed by atoms with Gasteiger partial charge in [-0.05, 0) is 29.7 Å². The lowest BCUT2D eigenvalue weighted by molar-refractivity contribution is 0.0398. The lowest BCUT2D eigenvalue weighted by Gasteiger charge is -2.26. The van der Waals surface area contributed by atoms with Crippen LogP contribution < -0.4 is 10.6 Å². The first-order valence-corrected chi connectivity index (χ1v) is 10.7. The van der Waals surface area contributed by atoms with Crippen LogP contribution in [-0.4, -0.2) is 54.3 Å². The number of nitrogens with one attached hydrogen (secondary N) is 2. The first-order chi connectivity index (χ1) is 15.1. The number of morpholine rings is 1. The molecule has 1 saturated heterocycles. The molecule has 1 fully saturated rings. The average Bonchev–Trinajstić information content (AvgIpc) is 2.80. The van der Waals surface area contributed by atoms with Crippen molar-refractivity contribution in [1.82, 2.24) is 14.9 Å². The number of benzene rings is 1. The number of hydrogen-bond donors (Lipinski definition) is 2. The van der Waals surface area contributed by atoms with Crippen molar-refractivity contribution in [2.75, 3.05) is 50.0 Å². The van der Waals surface area contributed by atoms with Crippen LogP contribution in [0.1, 0.15) is 30.9 Å². The van der Waals surface area contributed by atoms with E-state index in [9.17, 15) is 5.26 Å². The van der Waals surface area contributed by atoms with Gasteiger partial charge in [0.1, 0.15) is 11.9 Å². The molecule has 2 aromatic heterocycles. The van der Waals surface area contributed by atoms with E-state index in [2.05, 4.69) is 57.6 Å². The Morgan fingerprint density at radius 2 is 1.90 bits per heavy atom. The molecule has 31 heavy (non-hydrogen) atoms. The van der Waals surface area contributed by atoms with Gasteiger partial charge in [-0.15, -0.1) is 0 Å². The molecule has 1 aromatic carbocycles. The predicted octanol–water partition coefficient (Wildman–Crippen LogP) is 4.11. The van der Waals surface area contributed by atoms with Gasteiger partial charge in [0.25, 0.3) is 0 Å². The van der Waals surface area contributed by atoms with Crippen molar-refractivity contribution in [2.45, 2.75) is 19.8 Å². The maximum absolute atomic E-state index is 9.65. The number of aromatic nitrogens is 2. The van der Waals surface area contributed by atoms with E-state index < -0.39 is 0 Å². The molecule has 3 aromatic rings. The summed E-state index contributed by atoms with van der Waals surface area (Å²) in [4.78, 5) is 11.3. The summed E-state index contributed by atoms with van der Waals surface area (Å²) in [5.74, 6) is 1.25. The van der Waals surface area contributed by atoms with Gasteiger partial charge in [0.2, 0.25) is 0 Å². The molecule has 0 unspecified atom stereocenters. The van der Waals surface area contributed by atoms with Crippen LogP contribution in [0.4, 0.5) is 17.2 Å². The summed E-state index contributed by atoms with van der Waals surface area (Å²) in [5, 5.41) is 17.3. The van der Waals surface area contributed by atoms with Gasteiger partial charge in [-0.2, -0.15) is 5.26 Å². The number of rotatable bonds is 7. The van der Waals surface area contributed by atoms with Gasteiger partial charge >= 0.3 is 0 Å². The molecule has 0 amide bonds. The maximum Gasteiger partial charge on any atom is 0.126 e. The second-order valence-corrected chi connectivity index (χ2v) is 8.03. The lowest BCUT2D eigenvalue weighted by atomic mass is 10.0. The molecule has 0 radical (unpaired) electrons. The van der Waals surface area contributed by atoms with Gasteiger partial charge in [-0.25, -0.2) is 4.98 Å². The molecule has 1 aliphatic heterocycles. The van der Waals surface area contributed by atoms with E-state index in [-0.39, 0.29) is 0 Å². The summed E-state index contributed by atoms with van der Waals surface area (Å²) >= 11 is 0. The zero-order valence-electron chi connectivity index (χ0n) is 18.1. The summed E-state index contributed by atoms with van der Waals surface area (Å²) in [6.07, 6.45) is 3.35. The van der Waals surface area contributed by atoms with Crippen molar-refractivity contribution in [2.24, 2.45) is 0 Å². The molecule has 160 valence electrons. The van der Waals surface area contributed by atoms with E-state index in [1.54, 1.807) is 12.4 Å². The van der Waals surface area contributed by atoms with Crippen LogP contribution in [0.2, 0.25) is 0 Å². The Hall–Kier alpha value is -3.21. The number of anilines is 3. The molecule has 2 N–H and O–H groups in total. The lowest BCUT2D eigenvalue weighted by Crippen LogP contribution is -2.39. The quantitative estimate of drug-likeness (QED) is 0.599. The number of ether oxygens (including phenoxy) is 1. The fourth-order valence-corrected chi connectivity index (χ4v) is 3.67. The van der Waals surface area contributed by atoms with Gasteiger partial charge < -0.3 is 15.4 Å². The Morgan fingerprint density at radius 3 is 2.61 bits per heavy atom. The SMILES string of the molecule is CC(C)c1ccc(Nc2c(C#N)cnc3cnc(NCCN4CCOCC4)cc23)cc1. The first kappa shape index (κ1) is 21.0. The zero-order valence-corrected chi connectivity index (χ0v) is 18.1. The maximum atomic E-state index is 9.65. The molecule has 7 heteroatoms. The smallest absolute Gasteiger partial charge is 0.126 e. The van der Waals surface area contributed by atoms with Crippen molar-refractivity contribution in [3.8, 4) is 6.07 Å². The highest BCUT2D eigenvalue weighted by Gasteiger charge is 2.12. The van der Waals surface area contributed by atoms with Crippen molar-refractivity contribution >= 4 is 28.1 Å². The minimum absolute atomic E-state index is 0.475. The van der Waals surface area contributed by atoms with Gasteiger partial charge in [0.15, 0.2) is 0 Å². The molecule has 0 spiro atoms. The third-order valence-electron chi connectivity index (χ3n) is 5.56. The predicted molar refractivity (Wildman–Crippen MR) is 124 cm³/mol. The third kappa shape index (κ3) is 5.10. The fraction of sp³-hybridized carbons (Fsp3) is 0.375. The summed E-state index contributed by atoms with van der Waals surface area (Å²) < 4.78 is 5.40. The second-order valence-electron chi connectivity index (χ2n) is 8.03. The van der Waals surface area contributed by atoms with Crippen LogP contribution in [0.25, 0.3) is 10.9 Å². The van der Waals surface area contributed by atoms with Crippen LogP contribution in [0, 0.1) is 11.3 Å². The van der Waals surface area contributed by atoms with Gasteiger partial charge in [0.05, 0.1) is 36.2 Å². The summed E-state index contributed by atoms with van der Waals surface area (Å²) in [7, 11) is 0.